The summed E-state index contributed by atoms with van der Waals surface area (Å²) in [5, 5.41) is 52.8. The quantitative estimate of drug-likeness (QED) is 0.0593. The molecule has 0 amide bonds. The van der Waals surface area contributed by atoms with Gasteiger partial charge in [0.05, 0.1) is 20.9 Å². The van der Waals surface area contributed by atoms with Crippen LogP contribution in [0, 0.1) is 25.7 Å². The number of aryl methyl sites for hydroxylation is 2. The fourth-order valence-corrected chi connectivity index (χ4v) is 8.35. The van der Waals surface area contributed by atoms with E-state index in [4.69, 9.17) is 0 Å². The monoisotopic (exact) mass is 828 g/mol. The second-order valence-corrected chi connectivity index (χ2v) is 17.4. The molecule has 0 saturated carbocycles. The molecule has 16 heteroatoms. The van der Waals surface area contributed by atoms with Crippen LogP contribution in [0.3, 0.4) is 0 Å². The van der Waals surface area contributed by atoms with Crippen molar-refractivity contribution in [2.75, 3.05) is 10.6 Å². The van der Waals surface area contributed by atoms with E-state index in [0.717, 1.165) is 24.3 Å². The molecule has 0 heterocycles. The summed E-state index contributed by atoms with van der Waals surface area (Å²) in [6, 6.07) is 13.3. The number of aliphatic hydroxyl groups is 2. The summed E-state index contributed by atoms with van der Waals surface area (Å²) in [7, 11) is -8.95. The van der Waals surface area contributed by atoms with Crippen molar-refractivity contribution in [3.05, 3.63) is 118 Å². The Labute approximate surface area is 334 Å². The first-order chi connectivity index (χ1) is 27.0. The third kappa shape index (κ3) is 7.26. The molecule has 0 radical (unpaired) electrons. The Morgan fingerprint density at radius 3 is 1.12 bits per heavy atom. The van der Waals surface area contributed by atoms with Gasteiger partial charge in [0.25, 0.3) is 20.2 Å². The maximum Gasteiger partial charge on any atom is 0.294 e. The highest BCUT2D eigenvalue weighted by Gasteiger charge is 2.38. The highest BCUT2D eigenvalue weighted by Crippen LogP contribution is 2.53. The number of phenols is 2. The van der Waals surface area contributed by atoms with Gasteiger partial charge in [-0.1, -0.05) is 39.8 Å². The number of aromatic hydroxyl groups is 2. The maximum absolute atomic E-state index is 13.9. The fraction of sp³-hybridized carbons (Fsp3) is 0.190. The van der Waals surface area contributed by atoms with Gasteiger partial charge in [0.1, 0.15) is 11.5 Å². The second kappa shape index (κ2) is 14.9. The number of ketones is 2. The molecule has 2 aliphatic carbocycles. The summed E-state index contributed by atoms with van der Waals surface area (Å²) in [6.07, 6.45) is 2.48. The molecular formula is C42H40N2O12S2. The number of phenolic OH excluding ortho intramolecular Hbond substituents is 2. The van der Waals surface area contributed by atoms with Crippen LogP contribution in [0.1, 0.15) is 61.1 Å². The Morgan fingerprint density at radius 1 is 0.534 bits per heavy atom. The second-order valence-electron chi connectivity index (χ2n) is 14.6. The lowest BCUT2D eigenvalue weighted by molar-refractivity contribution is -0.113. The van der Waals surface area contributed by atoms with E-state index in [-0.39, 0.29) is 54.3 Å². The Hall–Kier alpha value is -6.20. The van der Waals surface area contributed by atoms with Gasteiger partial charge in [-0.05, 0) is 96.5 Å². The minimum atomic E-state index is -4.47. The third-order valence-electron chi connectivity index (χ3n) is 10.0. The number of anilines is 2. The number of Topliss-reactive ketones (excluding diaryl/α,β-unsaturated/α-hetero) is 2. The lowest BCUT2D eigenvalue weighted by Crippen LogP contribution is -2.20. The van der Waals surface area contributed by atoms with Gasteiger partial charge in [0.2, 0.25) is 11.6 Å². The molecule has 0 aromatic heterocycles. The van der Waals surface area contributed by atoms with Gasteiger partial charge in [-0.15, -0.1) is 0 Å². The van der Waals surface area contributed by atoms with Crippen molar-refractivity contribution in [1.29, 1.82) is 0 Å². The number of carbonyl (C=O) groups is 2. The molecule has 0 saturated heterocycles. The first kappa shape index (κ1) is 41.4. The van der Waals surface area contributed by atoms with Crippen molar-refractivity contribution in [2.45, 2.75) is 51.3 Å². The Kier molecular flexibility index (Phi) is 10.7. The smallest absolute Gasteiger partial charge is 0.294 e. The molecule has 302 valence electrons. The summed E-state index contributed by atoms with van der Waals surface area (Å²) in [4.78, 5) is 27.0. The summed E-state index contributed by atoms with van der Waals surface area (Å²) in [5.41, 5.74) is 2.56. The Morgan fingerprint density at radius 2 is 0.845 bits per heavy atom. The number of nitrogens with one attached hydrogen (secondary N) is 2. The number of hydrogen-bond donors (Lipinski definition) is 8. The molecule has 0 fully saturated rings. The van der Waals surface area contributed by atoms with Crippen LogP contribution in [-0.2, 0) is 29.8 Å². The summed E-state index contributed by atoms with van der Waals surface area (Å²) < 4.78 is 65.0. The number of aliphatic hydroxyl groups excluding tert-OH is 2. The van der Waals surface area contributed by atoms with Crippen molar-refractivity contribution in [2.24, 2.45) is 11.8 Å². The number of benzene rings is 4. The van der Waals surface area contributed by atoms with E-state index >= 15 is 0 Å². The van der Waals surface area contributed by atoms with E-state index in [1.807, 2.05) is 0 Å². The van der Waals surface area contributed by atoms with E-state index in [2.05, 4.69) is 10.6 Å². The standard InChI is InChI=1S/C42H40N2O12S2/c1-19(2)31-27-15-21(5)33(39(47)35(27)29(37(45)41(31)49)17-43-23-7-11-25(12-8-23)57(51,52)53)34-22(6)16-28-32(20(3)4)42(50)38(46)30(36(28)40(34)48)18-44-24-9-13-26(14-10-24)58(54,55)56/h7-20,43-44,47-50H,1-6H3,(H,51,52,53)(H,54,55,56). The zero-order chi connectivity index (χ0) is 42.8. The van der Waals surface area contributed by atoms with Crippen LogP contribution in [-0.4, -0.2) is 57.9 Å². The molecule has 4 aromatic carbocycles. The number of hydrogen-bond acceptors (Lipinski definition) is 12. The van der Waals surface area contributed by atoms with Crippen molar-refractivity contribution >= 4 is 65.5 Å². The maximum atomic E-state index is 13.9. The molecule has 0 spiro atoms. The van der Waals surface area contributed by atoms with Crippen LogP contribution >= 0.6 is 0 Å². The molecule has 0 atom stereocenters. The van der Waals surface area contributed by atoms with Gasteiger partial charge in [-0.25, -0.2) is 0 Å². The lowest BCUT2D eigenvalue weighted by atomic mass is 9.75. The molecule has 0 aliphatic heterocycles. The SMILES string of the molecule is Cc1cc2c(c(O)c1-c1c(C)cc3c(c1O)C(=CNc1ccc(S(=O)(=O)O)cc1)C(=O)C(O)=C3C(C)C)C(=CNc1ccc(S(=O)(=O)O)cc1)C(=O)C(O)=C2C(C)C. The van der Waals surface area contributed by atoms with Gasteiger partial charge in [0, 0.05) is 57.2 Å². The largest absolute Gasteiger partial charge is 0.507 e. The summed E-state index contributed by atoms with van der Waals surface area (Å²) in [5.74, 6) is -4.40. The average molecular weight is 829 g/mol. The number of allylic oxidation sites excluding steroid dienone is 4. The van der Waals surface area contributed by atoms with E-state index in [1.54, 1.807) is 53.7 Å². The number of rotatable bonds is 9. The average Bonchev–Trinajstić information content (AvgIpc) is 3.13. The lowest BCUT2D eigenvalue weighted by Gasteiger charge is -2.29. The first-order valence-corrected chi connectivity index (χ1v) is 20.7. The van der Waals surface area contributed by atoms with Crippen LogP contribution < -0.4 is 10.6 Å². The highest BCUT2D eigenvalue weighted by atomic mass is 32.2. The van der Waals surface area contributed by atoms with E-state index in [0.29, 0.717) is 33.6 Å². The fourth-order valence-electron chi connectivity index (χ4n) is 7.39. The topological polar surface area (TPSA) is 248 Å². The summed E-state index contributed by atoms with van der Waals surface area (Å²) in [6.45, 7) is 10.4. The predicted octanol–water partition coefficient (Wildman–Crippen LogP) is 7.80. The Bertz CT molecular complexity index is 2600. The normalized spacial score (nSPS) is 16.1. The van der Waals surface area contributed by atoms with Crippen LogP contribution in [0.25, 0.3) is 33.4 Å². The van der Waals surface area contributed by atoms with Crippen molar-refractivity contribution in [1.82, 2.24) is 0 Å². The third-order valence-corrected chi connectivity index (χ3v) is 11.8. The van der Waals surface area contributed by atoms with E-state index < -0.39 is 66.7 Å². The Balaban J connectivity index is 1.58. The zero-order valence-electron chi connectivity index (χ0n) is 32.0. The minimum absolute atomic E-state index is 0.0212. The van der Waals surface area contributed by atoms with Crippen LogP contribution in [0.4, 0.5) is 11.4 Å². The minimum Gasteiger partial charge on any atom is -0.507 e. The van der Waals surface area contributed by atoms with Gasteiger partial charge in [-0.2, -0.15) is 16.8 Å². The van der Waals surface area contributed by atoms with E-state index in [1.165, 1.54) is 36.7 Å². The molecule has 4 aromatic rings. The number of carbonyl (C=O) groups excluding carboxylic acids is 2. The van der Waals surface area contributed by atoms with Gasteiger partial charge >= 0.3 is 0 Å². The molecule has 0 bridgehead atoms. The van der Waals surface area contributed by atoms with Crippen LogP contribution in [0.15, 0.2) is 94.4 Å². The molecule has 2 aliphatic rings. The summed E-state index contributed by atoms with van der Waals surface area (Å²) >= 11 is 0. The highest BCUT2D eigenvalue weighted by molar-refractivity contribution is 7.86. The first-order valence-electron chi connectivity index (χ1n) is 17.8. The van der Waals surface area contributed by atoms with Gasteiger partial charge < -0.3 is 31.1 Å². The molecule has 8 N–H and O–H groups in total. The molecule has 6 rings (SSSR count). The number of fused-ring (bicyclic) bond motifs is 2. The molecule has 0 unspecified atom stereocenters. The van der Waals surface area contributed by atoms with Crippen molar-refractivity contribution < 1.29 is 56.0 Å². The van der Waals surface area contributed by atoms with Gasteiger partial charge in [-0.3, -0.25) is 18.7 Å². The zero-order valence-corrected chi connectivity index (χ0v) is 33.7. The molecule has 14 nitrogen and oxygen atoms in total. The van der Waals surface area contributed by atoms with Crippen molar-refractivity contribution in [3.8, 4) is 22.6 Å². The van der Waals surface area contributed by atoms with Crippen molar-refractivity contribution in [3.63, 3.8) is 0 Å². The van der Waals surface area contributed by atoms with Gasteiger partial charge in [0.15, 0.2) is 11.5 Å². The molecular weight excluding hydrogens is 789 g/mol. The molecule has 58 heavy (non-hydrogen) atoms. The van der Waals surface area contributed by atoms with Crippen LogP contribution in [0.2, 0.25) is 0 Å². The predicted molar refractivity (Wildman–Crippen MR) is 219 cm³/mol. The van der Waals surface area contributed by atoms with E-state index in [9.17, 15) is 56.0 Å². The van der Waals surface area contributed by atoms with Crippen LogP contribution in [0.5, 0.6) is 11.5 Å².